The van der Waals surface area contributed by atoms with E-state index in [1.165, 1.54) is 11.3 Å². The number of carbonyl (C=O) groups excluding carboxylic acids is 1. The Kier molecular flexibility index (Phi) is 4.20. The van der Waals surface area contributed by atoms with Crippen molar-refractivity contribution in [1.29, 1.82) is 5.26 Å². The van der Waals surface area contributed by atoms with Crippen LogP contribution in [0.4, 0.5) is 4.39 Å². The Morgan fingerprint density at radius 2 is 2.19 bits per heavy atom. The second kappa shape index (κ2) is 6.41. The van der Waals surface area contributed by atoms with E-state index in [4.69, 9.17) is 9.68 Å². The summed E-state index contributed by atoms with van der Waals surface area (Å²) in [5.41, 5.74) is -0.157. The minimum Gasteiger partial charge on any atom is -0.424 e. The Morgan fingerprint density at radius 1 is 1.42 bits per heavy atom. The van der Waals surface area contributed by atoms with Crippen molar-refractivity contribution >= 4 is 43.4 Å². The fraction of sp³-hybridized carbons (Fsp3) is 0.312. The maximum Gasteiger partial charge on any atom is 0.230 e. The van der Waals surface area contributed by atoms with Gasteiger partial charge in [0.05, 0.1) is 27.2 Å². The molecule has 10 heteroatoms. The normalized spacial score (nSPS) is 15.0. The molecule has 1 aliphatic rings. The summed E-state index contributed by atoms with van der Waals surface area (Å²) in [6.45, 7) is 0. The molecule has 7 nitrogen and oxygen atoms in total. The molecule has 26 heavy (non-hydrogen) atoms. The highest BCUT2D eigenvalue weighted by Gasteiger charge is 2.44. The standard InChI is InChI=1S/C16H11BrFN5O2S/c17-8-1-2-9-15(14(8)18)26-13(20-9)6-12-23-22-11(25-12)5-10(24)21-16(7-19)3-4-16/h1-2H,3-6H2,(H,21,24). The molecule has 1 saturated carbocycles. The highest BCUT2D eigenvalue weighted by atomic mass is 79.9. The van der Waals surface area contributed by atoms with E-state index in [-0.39, 0.29) is 30.5 Å². The van der Waals surface area contributed by atoms with Gasteiger partial charge < -0.3 is 9.73 Å². The Morgan fingerprint density at radius 3 is 2.92 bits per heavy atom. The van der Waals surface area contributed by atoms with Crippen molar-refractivity contribution in [2.75, 3.05) is 0 Å². The number of halogens is 2. The highest BCUT2D eigenvalue weighted by molar-refractivity contribution is 9.10. The third-order valence-corrected chi connectivity index (χ3v) is 5.64. The van der Waals surface area contributed by atoms with E-state index in [1.54, 1.807) is 12.1 Å². The van der Waals surface area contributed by atoms with Crippen LogP contribution in [0.3, 0.4) is 0 Å². The summed E-state index contributed by atoms with van der Waals surface area (Å²) in [6.07, 6.45) is 1.49. The van der Waals surface area contributed by atoms with Gasteiger partial charge in [0.1, 0.15) is 17.0 Å². The summed E-state index contributed by atoms with van der Waals surface area (Å²) in [6, 6.07) is 5.43. The van der Waals surface area contributed by atoms with Gasteiger partial charge in [-0.2, -0.15) is 5.26 Å². The molecule has 1 fully saturated rings. The largest absolute Gasteiger partial charge is 0.424 e. The zero-order valence-electron chi connectivity index (χ0n) is 13.3. The molecule has 1 N–H and O–H groups in total. The van der Waals surface area contributed by atoms with Crippen molar-refractivity contribution in [3.8, 4) is 6.07 Å². The molecule has 0 saturated heterocycles. The lowest BCUT2D eigenvalue weighted by Gasteiger charge is -2.06. The number of nitrogens with zero attached hydrogens (tertiary/aromatic N) is 4. The van der Waals surface area contributed by atoms with Crippen molar-refractivity contribution in [2.24, 2.45) is 0 Å². The van der Waals surface area contributed by atoms with Crippen LogP contribution in [0.25, 0.3) is 10.2 Å². The fourth-order valence-corrected chi connectivity index (χ4v) is 3.91. The predicted molar refractivity (Wildman–Crippen MR) is 93.8 cm³/mol. The van der Waals surface area contributed by atoms with Crippen LogP contribution in [0.5, 0.6) is 0 Å². The third kappa shape index (κ3) is 3.32. The number of carbonyl (C=O) groups is 1. The number of rotatable bonds is 5. The van der Waals surface area contributed by atoms with E-state index in [0.29, 0.717) is 38.4 Å². The maximum atomic E-state index is 14.1. The Hall–Kier alpha value is -2.38. The first-order valence-corrected chi connectivity index (χ1v) is 9.36. The number of amides is 1. The quantitative estimate of drug-likeness (QED) is 0.660. The Labute approximate surface area is 159 Å². The molecule has 0 bridgehead atoms. The summed E-state index contributed by atoms with van der Waals surface area (Å²) in [4.78, 5) is 16.3. The molecule has 0 spiro atoms. The van der Waals surface area contributed by atoms with E-state index in [1.807, 2.05) is 0 Å². The van der Waals surface area contributed by atoms with Crippen molar-refractivity contribution < 1.29 is 13.6 Å². The summed E-state index contributed by atoms with van der Waals surface area (Å²) in [5, 5.41) is 20.0. The van der Waals surface area contributed by atoms with E-state index in [2.05, 4.69) is 42.5 Å². The van der Waals surface area contributed by atoms with Gasteiger partial charge in [0, 0.05) is 0 Å². The monoisotopic (exact) mass is 435 g/mol. The molecule has 1 amide bonds. The van der Waals surface area contributed by atoms with Crippen LogP contribution in [0.15, 0.2) is 21.0 Å². The number of hydrogen-bond donors (Lipinski definition) is 1. The van der Waals surface area contributed by atoms with Gasteiger partial charge in [-0.25, -0.2) is 9.37 Å². The number of aromatic nitrogens is 3. The van der Waals surface area contributed by atoms with Gasteiger partial charge in [-0.3, -0.25) is 4.79 Å². The molecule has 3 aromatic rings. The first-order valence-electron chi connectivity index (χ1n) is 7.75. The number of hydrogen-bond acceptors (Lipinski definition) is 7. The second-order valence-corrected chi connectivity index (χ2v) is 7.94. The van der Waals surface area contributed by atoms with E-state index >= 15 is 0 Å². The van der Waals surface area contributed by atoms with E-state index in [0.717, 1.165) is 0 Å². The smallest absolute Gasteiger partial charge is 0.230 e. The average Bonchev–Trinajstić information content (AvgIpc) is 3.04. The predicted octanol–water partition coefficient (Wildman–Crippen LogP) is 2.89. The Balaban J connectivity index is 1.44. The lowest BCUT2D eigenvalue weighted by Crippen LogP contribution is -2.36. The van der Waals surface area contributed by atoms with Gasteiger partial charge >= 0.3 is 0 Å². The molecule has 1 aromatic carbocycles. The van der Waals surface area contributed by atoms with Gasteiger partial charge in [-0.05, 0) is 40.9 Å². The zero-order valence-corrected chi connectivity index (χ0v) is 15.7. The number of thiazole rings is 1. The van der Waals surface area contributed by atoms with Crippen molar-refractivity contribution in [2.45, 2.75) is 31.2 Å². The van der Waals surface area contributed by atoms with Gasteiger partial charge in [0.2, 0.25) is 17.7 Å². The average molecular weight is 436 g/mol. The van der Waals surface area contributed by atoms with Crippen LogP contribution in [0, 0.1) is 17.1 Å². The minimum absolute atomic E-state index is 0.0855. The number of nitrogens with one attached hydrogen (secondary N) is 1. The second-order valence-electron chi connectivity index (χ2n) is 6.00. The van der Waals surface area contributed by atoms with Crippen LogP contribution < -0.4 is 5.32 Å². The molecule has 2 heterocycles. The SMILES string of the molecule is N#CC1(NC(=O)Cc2nnc(Cc3nc4ccc(Br)c(F)c4s3)o2)CC1. The molecule has 0 aliphatic heterocycles. The van der Waals surface area contributed by atoms with Crippen molar-refractivity contribution in [3.63, 3.8) is 0 Å². The summed E-state index contributed by atoms with van der Waals surface area (Å²) in [7, 11) is 0. The Bertz CT molecular complexity index is 1050. The van der Waals surface area contributed by atoms with Gasteiger partial charge in [-0.15, -0.1) is 21.5 Å². The van der Waals surface area contributed by atoms with Crippen LogP contribution >= 0.6 is 27.3 Å². The molecule has 0 radical (unpaired) electrons. The lowest BCUT2D eigenvalue weighted by atomic mass is 10.3. The number of fused-ring (bicyclic) bond motifs is 1. The van der Waals surface area contributed by atoms with Crippen LogP contribution in [-0.2, 0) is 17.6 Å². The molecule has 0 atom stereocenters. The van der Waals surface area contributed by atoms with Gasteiger partial charge in [0.15, 0.2) is 5.82 Å². The molecule has 132 valence electrons. The molecule has 1 aliphatic carbocycles. The van der Waals surface area contributed by atoms with Crippen molar-refractivity contribution in [1.82, 2.24) is 20.5 Å². The molecular weight excluding hydrogens is 425 g/mol. The summed E-state index contributed by atoms with van der Waals surface area (Å²) >= 11 is 4.37. The van der Waals surface area contributed by atoms with E-state index in [9.17, 15) is 9.18 Å². The molecular formula is C16H11BrFN5O2S. The highest BCUT2D eigenvalue weighted by Crippen LogP contribution is 2.34. The number of benzene rings is 1. The van der Waals surface area contributed by atoms with Gasteiger partial charge in [-0.1, -0.05) is 0 Å². The third-order valence-electron chi connectivity index (χ3n) is 3.96. The van der Waals surface area contributed by atoms with Gasteiger partial charge in [0.25, 0.3) is 0 Å². The maximum absolute atomic E-state index is 14.1. The van der Waals surface area contributed by atoms with Crippen LogP contribution in [0.1, 0.15) is 29.6 Å². The first kappa shape index (κ1) is 17.1. The molecule has 0 unspecified atom stereocenters. The summed E-state index contributed by atoms with van der Waals surface area (Å²) in [5.74, 6) is -0.208. The fourth-order valence-electron chi connectivity index (χ4n) is 2.46. The summed E-state index contributed by atoms with van der Waals surface area (Å²) < 4.78 is 20.4. The lowest BCUT2D eigenvalue weighted by molar-refractivity contribution is -0.121. The van der Waals surface area contributed by atoms with Crippen LogP contribution in [0.2, 0.25) is 0 Å². The number of nitriles is 1. The minimum atomic E-state index is -0.723. The van der Waals surface area contributed by atoms with Crippen LogP contribution in [-0.4, -0.2) is 26.6 Å². The zero-order chi connectivity index (χ0) is 18.3. The first-order chi connectivity index (χ1) is 12.5. The molecule has 4 rings (SSSR count). The van der Waals surface area contributed by atoms with E-state index < -0.39 is 5.54 Å². The topological polar surface area (TPSA) is 105 Å². The molecule has 2 aromatic heterocycles. The van der Waals surface area contributed by atoms with Crippen molar-refractivity contribution in [3.05, 3.63) is 39.2 Å².